The van der Waals surface area contributed by atoms with E-state index in [2.05, 4.69) is 5.32 Å². The SMILES string of the molecule is COc1ccc(C(Cl)C(=O)NCC(=O)N2CCCCC2)cc1. The predicted octanol–water partition coefficient (Wildman–Crippen LogP) is 2.10. The van der Waals surface area contributed by atoms with Gasteiger partial charge in [-0.25, -0.2) is 0 Å². The van der Waals surface area contributed by atoms with Crippen molar-refractivity contribution in [1.29, 1.82) is 0 Å². The van der Waals surface area contributed by atoms with E-state index in [0.717, 1.165) is 32.4 Å². The minimum absolute atomic E-state index is 0.00178. The number of nitrogens with one attached hydrogen (secondary N) is 1. The third-order valence-electron chi connectivity index (χ3n) is 3.76. The summed E-state index contributed by atoms with van der Waals surface area (Å²) in [5, 5.41) is 1.79. The summed E-state index contributed by atoms with van der Waals surface area (Å²) in [7, 11) is 1.58. The van der Waals surface area contributed by atoms with Gasteiger partial charge in [0.25, 0.3) is 0 Å². The summed E-state index contributed by atoms with van der Waals surface area (Å²) in [5.74, 6) is 0.289. The summed E-state index contributed by atoms with van der Waals surface area (Å²) in [6.07, 6.45) is 3.23. The summed E-state index contributed by atoms with van der Waals surface area (Å²) < 4.78 is 5.06. The van der Waals surface area contributed by atoms with Crippen molar-refractivity contribution in [2.45, 2.75) is 24.6 Å². The minimum Gasteiger partial charge on any atom is -0.497 e. The smallest absolute Gasteiger partial charge is 0.243 e. The Labute approximate surface area is 135 Å². The number of carbonyl (C=O) groups excluding carboxylic acids is 2. The molecule has 1 saturated heterocycles. The lowest BCUT2D eigenvalue weighted by molar-refractivity contribution is -0.133. The molecule has 1 aliphatic rings. The highest BCUT2D eigenvalue weighted by atomic mass is 35.5. The number of hydrogen-bond donors (Lipinski definition) is 1. The number of amides is 2. The van der Waals surface area contributed by atoms with Gasteiger partial charge in [-0.1, -0.05) is 12.1 Å². The number of alkyl halides is 1. The van der Waals surface area contributed by atoms with Crippen molar-refractivity contribution in [1.82, 2.24) is 10.2 Å². The van der Waals surface area contributed by atoms with Crippen LogP contribution in [0.2, 0.25) is 0 Å². The molecule has 2 amide bonds. The lowest BCUT2D eigenvalue weighted by Crippen LogP contribution is -2.43. The van der Waals surface area contributed by atoms with Gasteiger partial charge in [0.2, 0.25) is 11.8 Å². The number of carbonyl (C=O) groups is 2. The van der Waals surface area contributed by atoms with Gasteiger partial charge >= 0.3 is 0 Å². The van der Waals surface area contributed by atoms with E-state index in [1.807, 2.05) is 0 Å². The van der Waals surface area contributed by atoms with Crippen molar-refractivity contribution in [3.05, 3.63) is 29.8 Å². The van der Waals surface area contributed by atoms with Crippen molar-refractivity contribution >= 4 is 23.4 Å². The van der Waals surface area contributed by atoms with Crippen LogP contribution in [0.3, 0.4) is 0 Å². The second kappa shape index (κ2) is 8.03. The fourth-order valence-corrected chi connectivity index (χ4v) is 2.65. The fraction of sp³-hybridized carbons (Fsp3) is 0.500. The molecule has 2 rings (SSSR count). The molecular weight excluding hydrogens is 304 g/mol. The lowest BCUT2D eigenvalue weighted by Gasteiger charge is -2.26. The molecule has 1 aromatic rings. The van der Waals surface area contributed by atoms with E-state index >= 15 is 0 Å². The number of likely N-dealkylation sites (tertiary alicyclic amines) is 1. The maximum atomic E-state index is 12.0. The van der Waals surface area contributed by atoms with Gasteiger partial charge in [0.05, 0.1) is 13.7 Å². The topological polar surface area (TPSA) is 58.6 Å². The molecule has 1 atom stereocenters. The van der Waals surface area contributed by atoms with Gasteiger partial charge in [0.15, 0.2) is 0 Å². The molecule has 1 unspecified atom stereocenters. The molecule has 0 spiro atoms. The molecule has 1 aliphatic heterocycles. The second-order valence-electron chi connectivity index (χ2n) is 5.29. The molecule has 1 fully saturated rings. The monoisotopic (exact) mass is 324 g/mol. The maximum Gasteiger partial charge on any atom is 0.243 e. The van der Waals surface area contributed by atoms with E-state index in [0.29, 0.717) is 11.3 Å². The number of methoxy groups -OCH3 is 1. The molecule has 6 heteroatoms. The Bertz CT molecular complexity index is 513. The molecule has 0 aliphatic carbocycles. The van der Waals surface area contributed by atoms with Gasteiger partial charge in [-0.2, -0.15) is 0 Å². The highest BCUT2D eigenvalue weighted by Gasteiger charge is 2.21. The number of hydrogen-bond acceptors (Lipinski definition) is 3. The fourth-order valence-electron chi connectivity index (χ4n) is 2.43. The molecule has 0 saturated carbocycles. The molecule has 0 aromatic heterocycles. The third kappa shape index (κ3) is 4.37. The Morgan fingerprint density at radius 1 is 1.23 bits per heavy atom. The van der Waals surface area contributed by atoms with E-state index in [1.165, 1.54) is 0 Å². The zero-order valence-electron chi connectivity index (χ0n) is 12.7. The average molecular weight is 325 g/mol. The first kappa shape index (κ1) is 16.6. The number of ether oxygens (including phenoxy) is 1. The minimum atomic E-state index is -0.819. The zero-order chi connectivity index (χ0) is 15.9. The Morgan fingerprint density at radius 2 is 1.86 bits per heavy atom. The predicted molar refractivity (Wildman–Crippen MR) is 85.0 cm³/mol. The van der Waals surface area contributed by atoms with Crippen LogP contribution in [-0.2, 0) is 9.59 Å². The molecule has 120 valence electrons. The summed E-state index contributed by atoms with van der Waals surface area (Å²) in [4.78, 5) is 25.8. The van der Waals surface area contributed by atoms with Crippen LogP contribution in [0, 0.1) is 0 Å². The second-order valence-corrected chi connectivity index (χ2v) is 5.73. The summed E-state index contributed by atoms with van der Waals surface area (Å²) >= 11 is 6.14. The Kier molecular flexibility index (Phi) is 6.07. The van der Waals surface area contributed by atoms with Crippen molar-refractivity contribution in [2.24, 2.45) is 0 Å². The Hall–Kier alpha value is -1.75. The van der Waals surface area contributed by atoms with Crippen LogP contribution in [0.4, 0.5) is 0 Å². The average Bonchev–Trinajstić information content (AvgIpc) is 2.59. The van der Waals surface area contributed by atoms with E-state index in [4.69, 9.17) is 16.3 Å². The third-order valence-corrected chi connectivity index (χ3v) is 4.21. The van der Waals surface area contributed by atoms with Crippen molar-refractivity contribution < 1.29 is 14.3 Å². The number of halogens is 1. The normalized spacial score (nSPS) is 16.0. The summed E-state index contributed by atoms with van der Waals surface area (Å²) in [6.45, 7) is 1.55. The largest absolute Gasteiger partial charge is 0.497 e. The van der Waals surface area contributed by atoms with Gasteiger partial charge in [-0.15, -0.1) is 11.6 Å². The number of nitrogens with zero attached hydrogens (tertiary/aromatic N) is 1. The first-order valence-electron chi connectivity index (χ1n) is 7.45. The molecule has 1 heterocycles. The van der Waals surface area contributed by atoms with Crippen molar-refractivity contribution in [2.75, 3.05) is 26.7 Å². The van der Waals surface area contributed by atoms with Crippen LogP contribution in [0.25, 0.3) is 0 Å². The van der Waals surface area contributed by atoms with Crippen LogP contribution >= 0.6 is 11.6 Å². The van der Waals surface area contributed by atoms with E-state index in [-0.39, 0.29) is 18.4 Å². The van der Waals surface area contributed by atoms with E-state index in [1.54, 1.807) is 36.3 Å². The van der Waals surface area contributed by atoms with Crippen LogP contribution in [0.5, 0.6) is 5.75 Å². The quantitative estimate of drug-likeness (QED) is 0.844. The summed E-state index contributed by atoms with van der Waals surface area (Å²) in [5.41, 5.74) is 0.672. The first-order valence-corrected chi connectivity index (χ1v) is 7.89. The van der Waals surface area contributed by atoms with Crippen molar-refractivity contribution in [3.8, 4) is 5.75 Å². The molecule has 1 aromatic carbocycles. The zero-order valence-corrected chi connectivity index (χ0v) is 13.4. The summed E-state index contributed by atoms with van der Waals surface area (Å²) in [6, 6.07) is 6.97. The molecule has 1 N–H and O–H groups in total. The molecule has 0 radical (unpaired) electrons. The number of piperidine rings is 1. The van der Waals surface area contributed by atoms with Gasteiger partial charge < -0.3 is 15.0 Å². The molecular formula is C16H21ClN2O3. The number of rotatable bonds is 5. The standard InChI is InChI=1S/C16H21ClN2O3/c1-22-13-7-5-12(6-8-13)15(17)16(21)18-11-14(20)19-9-3-2-4-10-19/h5-8,15H,2-4,9-11H2,1H3,(H,18,21). The van der Waals surface area contributed by atoms with E-state index < -0.39 is 5.38 Å². The highest BCUT2D eigenvalue weighted by molar-refractivity contribution is 6.30. The van der Waals surface area contributed by atoms with Gasteiger partial charge in [-0.05, 0) is 37.0 Å². The number of benzene rings is 1. The highest BCUT2D eigenvalue weighted by Crippen LogP contribution is 2.23. The van der Waals surface area contributed by atoms with Crippen LogP contribution in [0.15, 0.2) is 24.3 Å². The van der Waals surface area contributed by atoms with Crippen LogP contribution in [0.1, 0.15) is 30.2 Å². The Balaban J connectivity index is 1.83. The van der Waals surface area contributed by atoms with E-state index in [9.17, 15) is 9.59 Å². The maximum absolute atomic E-state index is 12.0. The van der Waals surface area contributed by atoms with Gasteiger partial charge in [0, 0.05) is 13.1 Å². The lowest BCUT2D eigenvalue weighted by atomic mass is 10.1. The molecule has 0 bridgehead atoms. The van der Waals surface area contributed by atoms with Gasteiger partial charge in [-0.3, -0.25) is 9.59 Å². The van der Waals surface area contributed by atoms with Crippen molar-refractivity contribution in [3.63, 3.8) is 0 Å². The van der Waals surface area contributed by atoms with Gasteiger partial charge in [0.1, 0.15) is 11.1 Å². The Morgan fingerprint density at radius 3 is 2.45 bits per heavy atom. The molecule has 5 nitrogen and oxygen atoms in total. The first-order chi connectivity index (χ1) is 10.6. The van der Waals surface area contributed by atoms with Crippen LogP contribution in [-0.4, -0.2) is 43.5 Å². The molecule has 22 heavy (non-hydrogen) atoms. The van der Waals surface area contributed by atoms with Crippen LogP contribution < -0.4 is 10.1 Å².